The highest BCUT2D eigenvalue weighted by atomic mass is 35.5. The Hall–Kier alpha value is -1.63. The quantitative estimate of drug-likeness (QED) is 0.750. The zero-order chi connectivity index (χ0) is 16.7. The molecule has 0 spiro atoms. The number of nitrogens with one attached hydrogen (secondary N) is 1. The van der Waals surface area contributed by atoms with E-state index in [1.54, 1.807) is 12.5 Å². The first-order valence-corrected chi connectivity index (χ1v) is 8.58. The normalized spacial score (nSPS) is 11.5. The zero-order valence-corrected chi connectivity index (χ0v) is 15.6. The number of rotatable bonds is 8. The number of halogens is 1. The maximum Gasteiger partial charge on any atom is 0.270 e. The average molecular weight is 370 g/mol. The van der Waals surface area contributed by atoms with Crippen molar-refractivity contribution in [3.63, 3.8) is 0 Å². The standard InChI is InChI=1S/C17H23N3O2S.ClH/c1-12(3-4-13-5-7-14(22-2)8-6-13)19-17(21)15-11-23-16(20-15)9-10-18;/h5-8,11-12H,3-4,9-10,18H2,1-2H3,(H,19,21);1H. The van der Waals surface area contributed by atoms with E-state index in [-0.39, 0.29) is 24.4 Å². The van der Waals surface area contributed by atoms with E-state index in [0.29, 0.717) is 18.7 Å². The predicted octanol–water partition coefficient (Wildman–Crippen LogP) is 2.83. The summed E-state index contributed by atoms with van der Waals surface area (Å²) in [6, 6.07) is 8.09. The predicted molar refractivity (Wildman–Crippen MR) is 100 cm³/mol. The fraction of sp³-hybridized carbons (Fsp3) is 0.412. The van der Waals surface area contributed by atoms with Crippen molar-refractivity contribution in [1.29, 1.82) is 0 Å². The molecule has 0 aliphatic rings. The van der Waals surface area contributed by atoms with Crippen LogP contribution in [0.25, 0.3) is 0 Å². The van der Waals surface area contributed by atoms with Gasteiger partial charge >= 0.3 is 0 Å². The Balaban J connectivity index is 0.00000288. The molecule has 2 rings (SSSR count). The number of carbonyl (C=O) groups is 1. The monoisotopic (exact) mass is 369 g/mol. The van der Waals surface area contributed by atoms with Crippen molar-refractivity contribution >= 4 is 29.7 Å². The number of carbonyl (C=O) groups excluding carboxylic acids is 1. The second kappa shape index (κ2) is 10.3. The van der Waals surface area contributed by atoms with Crippen LogP contribution in [0.15, 0.2) is 29.6 Å². The lowest BCUT2D eigenvalue weighted by Gasteiger charge is -2.13. The summed E-state index contributed by atoms with van der Waals surface area (Å²) in [5.74, 6) is 0.735. The van der Waals surface area contributed by atoms with E-state index in [4.69, 9.17) is 10.5 Å². The Kier molecular flexibility index (Phi) is 8.74. The number of amides is 1. The number of nitrogens with two attached hydrogens (primary N) is 1. The molecular weight excluding hydrogens is 346 g/mol. The lowest BCUT2D eigenvalue weighted by Crippen LogP contribution is -2.33. The number of methoxy groups -OCH3 is 1. The fourth-order valence-corrected chi connectivity index (χ4v) is 2.99. The molecule has 0 fully saturated rings. The van der Waals surface area contributed by atoms with E-state index >= 15 is 0 Å². The molecule has 0 radical (unpaired) electrons. The largest absolute Gasteiger partial charge is 0.497 e. The second-order valence-corrected chi connectivity index (χ2v) is 6.37. The fourth-order valence-electron chi connectivity index (χ4n) is 2.20. The van der Waals surface area contributed by atoms with E-state index in [2.05, 4.69) is 10.3 Å². The molecule has 0 aliphatic carbocycles. The molecule has 1 unspecified atom stereocenters. The van der Waals surface area contributed by atoms with Gasteiger partial charge in [0.05, 0.1) is 12.1 Å². The Morgan fingerprint density at radius 3 is 2.67 bits per heavy atom. The lowest BCUT2D eigenvalue weighted by molar-refractivity contribution is 0.0934. The van der Waals surface area contributed by atoms with Gasteiger partial charge in [0.2, 0.25) is 0 Å². The molecule has 0 aliphatic heterocycles. The number of thiazole rings is 1. The maximum atomic E-state index is 12.2. The molecule has 1 atom stereocenters. The number of hydrogen-bond donors (Lipinski definition) is 2. The lowest BCUT2D eigenvalue weighted by atomic mass is 10.1. The van der Waals surface area contributed by atoms with Crippen LogP contribution in [0, 0.1) is 0 Å². The molecule has 0 bridgehead atoms. The summed E-state index contributed by atoms with van der Waals surface area (Å²) >= 11 is 1.48. The highest BCUT2D eigenvalue weighted by molar-refractivity contribution is 7.09. The molecule has 1 aromatic carbocycles. The number of ether oxygens (including phenoxy) is 1. The molecule has 0 saturated heterocycles. The molecule has 132 valence electrons. The van der Waals surface area contributed by atoms with E-state index in [0.717, 1.165) is 23.6 Å². The zero-order valence-electron chi connectivity index (χ0n) is 14.0. The van der Waals surface area contributed by atoms with Crippen molar-refractivity contribution in [3.05, 3.63) is 45.9 Å². The third-order valence-corrected chi connectivity index (χ3v) is 4.45. The van der Waals surface area contributed by atoms with Gasteiger partial charge in [0.25, 0.3) is 5.91 Å². The molecule has 2 aromatic rings. The van der Waals surface area contributed by atoms with E-state index < -0.39 is 0 Å². The minimum absolute atomic E-state index is 0. The minimum atomic E-state index is -0.119. The van der Waals surface area contributed by atoms with Crippen LogP contribution in [0.1, 0.15) is 34.4 Å². The van der Waals surface area contributed by atoms with E-state index in [9.17, 15) is 4.79 Å². The third-order valence-electron chi connectivity index (χ3n) is 3.55. The summed E-state index contributed by atoms with van der Waals surface area (Å²) in [5.41, 5.74) is 7.21. The van der Waals surface area contributed by atoms with Crippen LogP contribution in [0.2, 0.25) is 0 Å². The number of aryl methyl sites for hydroxylation is 1. The molecule has 1 amide bonds. The Morgan fingerprint density at radius 2 is 2.04 bits per heavy atom. The first-order chi connectivity index (χ1) is 11.1. The van der Waals surface area contributed by atoms with Gasteiger partial charge in [0.15, 0.2) is 0 Å². The van der Waals surface area contributed by atoms with Gasteiger partial charge in [-0.25, -0.2) is 4.98 Å². The van der Waals surface area contributed by atoms with E-state index in [1.807, 2.05) is 31.2 Å². The van der Waals surface area contributed by atoms with Crippen molar-refractivity contribution in [3.8, 4) is 5.75 Å². The van der Waals surface area contributed by atoms with Crippen LogP contribution in [0.5, 0.6) is 5.75 Å². The summed E-state index contributed by atoms with van der Waals surface area (Å²) in [4.78, 5) is 16.5. The van der Waals surface area contributed by atoms with Gasteiger partial charge in [0.1, 0.15) is 11.4 Å². The summed E-state index contributed by atoms with van der Waals surface area (Å²) in [6.45, 7) is 2.56. The SMILES string of the molecule is COc1ccc(CCC(C)NC(=O)c2csc(CCN)n2)cc1.Cl. The molecule has 1 aromatic heterocycles. The molecular formula is C17H24ClN3O2S. The van der Waals surface area contributed by atoms with Crippen molar-refractivity contribution in [2.45, 2.75) is 32.2 Å². The van der Waals surface area contributed by atoms with Crippen LogP contribution in [-0.2, 0) is 12.8 Å². The first-order valence-electron chi connectivity index (χ1n) is 7.70. The maximum absolute atomic E-state index is 12.2. The van der Waals surface area contributed by atoms with Gasteiger partial charge < -0.3 is 15.8 Å². The van der Waals surface area contributed by atoms with Gasteiger partial charge in [-0.1, -0.05) is 12.1 Å². The Bertz CT molecular complexity index is 631. The van der Waals surface area contributed by atoms with Crippen LogP contribution in [-0.4, -0.2) is 30.6 Å². The van der Waals surface area contributed by atoms with Crippen LogP contribution in [0.3, 0.4) is 0 Å². The molecule has 1 heterocycles. The van der Waals surface area contributed by atoms with Crippen LogP contribution >= 0.6 is 23.7 Å². The Labute approximate surface area is 153 Å². The smallest absolute Gasteiger partial charge is 0.270 e. The molecule has 3 N–H and O–H groups in total. The summed E-state index contributed by atoms with van der Waals surface area (Å²) in [6.07, 6.45) is 2.49. The van der Waals surface area contributed by atoms with Crippen molar-refractivity contribution in [1.82, 2.24) is 10.3 Å². The minimum Gasteiger partial charge on any atom is -0.497 e. The summed E-state index contributed by atoms with van der Waals surface area (Å²) < 4.78 is 5.14. The van der Waals surface area contributed by atoms with Crippen molar-refractivity contribution < 1.29 is 9.53 Å². The van der Waals surface area contributed by atoms with Crippen LogP contribution in [0.4, 0.5) is 0 Å². The van der Waals surface area contributed by atoms with Crippen molar-refractivity contribution in [2.75, 3.05) is 13.7 Å². The summed E-state index contributed by atoms with van der Waals surface area (Å²) in [5, 5.41) is 5.69. The number of benzene rings is 1. The second-order valence-electron chi connectivity index (χ2n) is 5.43. The third kappa shape index (κ3) is 6.11. The van der Waals surface area contributed by atoms with Gasteiger partial charge in [-0.3, -0.25) is 4.79 Å². The highest BCUT2D eigenvalue weighted by Gasteiger charge is 2.13. The molecule has 0 saturated carbocycles. The van der Waals surface area contributed by atoms with Gasteiger partial charge in [-0.15, -0.1) is 23.7 Å². The topological polar surface area (TPSA) is 77.2 Å². The summed E-state index contributed by atoms with van der Waals surface area (Å²) in [7, 11) is 1.66. The molecule has 5 nitrogen and oxygen atoms in total. The number of aromatic nitrogens is 1. The average Bonchev–Trinajstić information content (AvgIpc) is 3.02. The number of hydrogen-bond acceptors (Lipinski definition) is 5. The highest BCUT2D eigenvalue weighted by Crippen LogP contribution is 2.14. The first kappa shape index (κ1) is 20.4. The van der Waals surface area contributed by atoms with Gasteiger partial charge in [-0.2, -0.15) is 0 Å². The molecule has 24 heavy (non-hydrogen) atoms. The molecule has 7 heteroatoms. The van der Waals surface area contributed by atoms with Gasteiger partial charge in [-0.05, 0) is 44.0 Å². The van der Waals surface area contributed by atoms with Gasteiger partial charge in [0, 0.05) is 17.8 Å². The van der Waals surface area contributed by atoms with E-state index in [1.165, 1.54) is 16.9 Å². The Morgan fingerprint density at radius 1 is 1.33 bits per heavy atom. The van der Waals surface area contributed by atoms with Crippen LogP contribution < -0.4 is 15.8 Å². The van der Waals surface area contributed by atoms with Crippen molar-refractivity contribution in [2.24, 2.45) is 5.73 Å². The number of nitrogens with zero attached hydrogens (tertiary/aromatic N) is 1.